The number of anilines is 3. The molecule has 0 atom stereocenters. The highest BCUT2D eigenvalue weighted by molar-refractivity contribution is 7.99. The first-order valence-electron chi connectivity index (χ1n) is 16.1. The predicted octanol–water partition coefficient (Wildman–Crippen LogP) is 11.2. The van der Waals surface area contributed by atoms with Crippen molar-refractivity contribution in [1.29, 1.82) is 0 Å². The molecule has 10 aromatic rings. The normalized spacial score (nSPS) is 12.9. The molecule has 0 saturated heterocycles. The van der Waals surface area contributed by atoms with Crippen molar-refractivity contribution in [3.05, 3.63) is 152 Å². The van der Waals surface area contributed by atoms with Crippen LogP contribution in [0.1, 0.15) is 0 Å². The molecule has 7 aromatic carbocycles. The molecule has 11 rings (SSSR count). The van der Waals surface area contributed by atoms with Crippen molar-refractivity contribution in [2.75, 3.05) is 4.90 Å². The highest BCUT2D eigenvalue weighted by atomic mass is 32.2. The SMILES string of the molecule is c1ccc2c(c1)Sc1ccccc1N2c1cc2c3ccccc3n(-c3nc4ccccc4c4nc5ccccc5n34)c2c2ccccc12. The number of nitrogens with zero attached hydrogens (tertiary/aromatic N) is 5. The second-order valence-electron chi connectivity index (χ2n) is 12.3. The molecular weight excluding hydrogens is 607 g/mol. The van der Waals surface area contributed by atoms with Gasteiger partial charge in [0.05, 0.1) is 44.6 Å². The fourth-order valence-electron chi connectivity index (χ4n) is 7.64. The minimum absolute atomic E-state index is 0.826. The average molecular weight is 632 g/mol. The number of hydrogen-bond acceptors (Lipinski definition) is 4. The van der Waals surface area contributed by atoms with E-state index in [1.165, 1.54) is 42.7 Å². The monoisotopic (exact) mass is 631 g/mol. The molecule has 0 amide bonds. The Morgan fingerprint density at radius 2 is 1.02 bits per heavy atom. The van der Waals surface area contributed by atoms with E-state index in [1.54, 1.807) is 0 Å². The Morgan fingerprint density at radius 1 is 0.438 bits per heavy atom. The standard InChI is InChI=1S/C42H25N5S/c1-2-15-28-26(13-1)37(45-35-21-9-11-23-38(35)48-39-24-12-10-22-36(39)45)25-30-27-14-4-7-19-33(27)46(40(28)30)42-44-31-17-5-3-16-29(31)41-43-32-18-6-8-20-34(32)47(41)42/h1-25H. The number of aromatic nitrogens is 4. The van der Waals surface area contributed by atoms with Crippen LogP contribution in [0.3, 0.4) is 0 Å². The highest BCUT2D eigenvalue weighted by Crippen LogP contribution is 2.53. The van der Waals surface area contributed by atoms with Gasteiger partial charge in [-0.3, -0.25) is 8.97 Å². The molecule has 0 spiro atoms. The van der Waals surface area contributed by atoms with Gasteiger partial charge in [0, 0.05) is 36.7 Å². The Bertz CT molecular complexity index is 2910. The molecule has 1 aliphatic rings. The van der Waals surface area contributed by atoms with Crippen LogP contribution < -0.4 is 4.90 Å². The zero-order valence-corrected chi connectivity index (χ0v) is 26.4. The Morgan fingerprint density at radius 3 is 1.79 bits per heavy atom. The van der Waals surface area contributed by atoms with E-state index in [2.05, 4.69) is 166 Å². The molecule has 0 N–H and O–H groups in total. The number of rotatable bonds is 2. The Labute approximate surface area is 279 Å². The van der Waals surface area contributed by atoms with Gasteiger partial charge in [0.1, 0.15) is 5.65 Å². The average Bonchev–Trinajstić information content (AvgIpc) is 3.70. The van der Waals surface area contributed by atoms with Crippen LogP contribution in [0, 0.1) is 0 Å². The van der Waals surface area contributed by atoms with E-state index >= 15 is 0 Å². The van der Waals surface area contributed by atoms with Gasteiger partial charge in [0.2, 0.25) is 5.95 Å². The van der Waals surface area contributed by atoms with Crippen LogP contribution in [-0.2, 0) is 0 Å². The first-order chi connectivity index (χ1) is 23.8. The lowest BCUT2D eigenvalue weighted by atomic mass is 10.0. The third kappa shape index (κ3) is 3.47. The molecular formula is C42H25N5S. The zero-order valence-electron chi connectivity index (χ0n) is 25.6. The molecule has 4 heterocycles. The summed E-state index contributed by atoms with van der Waals surface area (Å²) in [4.78, 5) is 15.5. The summed E-state index contributed by atoms with van der Waals surface area (Å²) in [6, 6.07) is 54.1. The maximum atomic E-state index is 5.42. The Kier molecular flexibility index (Phi) is 5.26. The maximum absolute atomic E-state index is 5.42. The number of para-hydroxylation sites is 6. The van der Waals surface area contributed by atoms with Crippen LogP contribution in [-0.4, -0.2) is 18.9 Å². The van der Waals surface area contributed by atoms with Crippen LogP contribution in [0.5, 0.6) is 0 Å². The largest absolute Gasteiger partial charge is 0.308 e. The fraction of sp³-hybridized carbons (Fsp3) is 0. The number of hydrogen-bond donors (Lipinski definition) is 0. The molecule has 3 aromatic heterocycles. The van der Waals surface area contributed by atoms with Crippen molar-refractivity contribution in [3.63, 3.8) is 0 Å². The number of fused-ring (bicyclic) bond motifs is 12. The maximum Gasteiger partial charge on any atom is 0.221 e. The molecule has 0 aliphatic carbocycles. The third-order valence-corrected chi connectivity index (χ3v) is 10.8. The summed E-state index contributed by atoms with van der Waals surface area (Å²) in [7, 11) is 0. The quantitative estimate of drug-likeness (QED) is 0.190. The van der Waals surface area contributed by atoms with E-state index in [9.17, 15) is 0 Å². The molecule has 224 valence electrons. The summed E-state index contributed by atoms with van der Waals surface area (Å²) >= 11 is 1.83. The lowest BCUT2D eigenvalue weighted by Gasteiger charge is -2.33. The lowest BCUT2D eigenvalue weighted by Crippen LogP contribution is -2.15. The van der Waals surface area contributed by atoms with Gasteiger partial charge in [-0.25, -0.2) is 9.97 Å². The summed E-state index contributed by atoms with van der Waals surface area (Å²) < 4.78 is 4.60. The molecule has 1 aliphatic heterocycles. The fourth-order valence-corrected chi connectivity index (χ4v) is 8.70. The van der Waals surface area contributed by atoms with Crippen molar-refractivity contribution >= 4 is 89.0 Å². The van der Waals surface area contributed by atoms with Crippen LogP contribution in [0.4, 0.5) is 17.1 Å². The van der Waals surface area contributed by atoms with Crippen LogP contribution in [0.2, 0.25) is 0 Å². The summed E-state index contributed by atoms with van der Waals surface area (Å²) in [5, 5.41) is 5.74. The van der Waals surface area contributed by atoms with Gasteiger partial charge in [-0.1, -0.05) is 103 Å². The molecule has 0 unspecified atom stereocenters. The van der Waals surface area contributed by atoms with Gasteiger partial charge >= 0.3 is 0 Å². The van der Waals surface area contributed by atoms with Gasteiger partial charge in [-0.2, -0.15) is 0 Å². The van der Waals surface area contributed by atoms with Crippen molar-refractivity contribution in [2.24, 2.45) is 0 Å². The van der Waals surface area contributed by atoms with Crippen molar-refractivity contribution in [2.45, 2.75) is 9.79 Å². The summed E-state index contributed by atoms with van der Waals surface area (Å²) in [6.07, 6.45) is 0. The Balaban J connectivity index is 1.32. The summed E-state index contributed by atoms with van der Waals surface area (Å²) in [6.45, 7) is 0. The van der Waals surface area contributed by atoms with E-state index in [4.69, 9.17) is 9.97 Å². The molecule has 0 bridgehead atoms. The zero-order chi connectivity index (χ0) is 31.3. The first kappa shape index (κ1) is 26.0. The molecule has 0 fully saturated rings. The van der Waals surface area contributed by atoms with Crippen molar-refractivity contribution < 1.29 is 0 Å². The second-order valence-corrected chi connectivity index (χ2v) is 13.3. The van der Waals surface area contributed by atoms with E-state index < -0.39 is 0 Å². The molecule has 48 heavy (non-hydrogen) atoms. The minimum Gasteiger partial charge on any atom is -0.308 e. The second kappa shape index (κ2) is 9.70. The lowest BCUT2D eigenvalue weighted by molar-refractivity contribution is 0.981. The molecule has 0 saturated carbocycles. The highest BCUT2D eigenvalue weighted by Gasteiger charge is 2.28. The van der Waals surface area contributed by atoms with Crippen molar-refractivity contribution in [1.82, 2.24) is 18.9 Å². The van der Waals surface area contributed by atoms with E-state index in [-0.39, 0.29) is 0 Å². The summed E-state index contributed by atoms with van der Waals surface area (Å²) in [5.41, 5.74) is 9.58. The molecule has 0 radical (unpaired) electrons. The smallest absolute Gasteiger partial charge is 0.221 e. The van der Waals surface area contributed by atoms with Gasteiger partial charge in [0.15, 0.2) is 0 Å². The summed E-state index contributed by atoms with van der Waals surface area (Å²) in [5.74, 6) is 0.826. The van der Waals surface area contributed by atoms with Gasteiger partial charge in [0.25, 0.3) is 0 Å². The van der Waals surface area contributed by atoms with E-state index in [1.807, 2.05) is 11.8 Å². The Hall–Kier alpha value is -6.11. The molecule has 5 nitrogen and oxygen atoms in total. The first-order valence-corrected chi connectivity index (χ1v) is 16.9. The van der Waals surface area contributed by atoms with Gasteiger partial charge < -0.3 is 4.90 Å². The van der Waals surface area contributed by atoms with E-state index in [0.29, 0.717) is 0 Å². The minimum atomic E-state index is 0.826. The molecule has 6 heteroatoms. The van der Waals surface area contributed by atoms with Crippen molar-refractivity contribution in [3.8, 4) is 5.95 Å². The number of imidazole rings is 1. The van der Waals surface area contributed by atoms with Gasteiger partial charge in [-0.15, -0.1) is 0 Å². The number of benzene rings is 7. The van der Waals surface area contributed by atoms with E-state index in [0.717, 1.165) is 50.3 Å². The van der Waals surface area contributed by atoms with Crippen LogP contribution in [0.25, 0.3) is 66.1 Å². The third-order valence-electron chi connectivity index (χ3n) is 9.65. The predicted molar refractivity (Wildman–Crippen MR) is 199 cm³/mol. The van der Waals surface area contributed by atoms with Crippen LogP contribution >= 0.6 is 11.8 Å². The van der Waals surface area contributed by atoms with Gasteiger partial charge in [-0.05, 0) is 60.7 Å². The van der Waals surface area contributed by atoms with Crippen LogP contribution in [0.15, 0.2) is 161 Å². The topological polar surface area (TPSA) is 38.4 Å².